The number of carbonyl (C=O) groups is 1. The number of amides is 1. The largest absolute Gasteiger partial charge is 0.444 e. The average molecular weight is 329 g/mol. The van der Waals surface area contributed by atoms with E-state index in [0.717, 1.165) is 12.8 Å². The SMILES string of the molecule is CC(C)(C)OC(=O)N1CCC(Nc2cc(Cl)ccc2F)CC1. The van der Waals surface area contributed by atoms with Crippen LogP contribution in [0.4, 0.5) is 14.9 Å². The van der Waals surface area contributed by atoms with Gasteiger partial charge in [-0.1, -0.05) is 11.6 Å². The van der Waals surface area contributed by atoms with E-state index >= 15 is 0 Å². The Morgan fingerprint density at radius 2 is 2.00 bits per heavy atom. The smallest absolute Gasteiger partial charge is 0.410 e. The van der Waals surface area contributed by atoms with Gasteiger partial charge < -0.3 is 15.0 Å². The molecule has 122 valence electrons. The van der Waals surface area contributed by atoms with Crippen LogP contribution < -0.4 is 5.32 Å². The van der Waals surface area contributed by atoms with Gasteiger partial charge in [-0.3, -0.25) is 0 Å². The fourth-order valence-corrected chi connectivity index (χ4v) is 2.53. The molecule has 1 aromatic rings. The number of hydrogen-bond donors (Lipinski definition) is 1. The molecule has 0 radical (unpaired) electrons. The molecule has 6 heteroatoms. The summed E-state index contributed by atoms with van der Waals surface area (Å²) in [6.07, 6.45) is 1.19. The van der Waals surface area contributed by atoms with Gasteiger partial charge in [0.25, 0.3) is 0 Å². The first-order valence-electron chi connectivity index (χ1n) is 7.44. The summed E-state index contributed by atoms with van der Waals surface area (Å²) < 4.78 is 19.1. The number of benzene rings is 1. The number of hydrogen-bond acceptors (Lipinski definition) is 3. The third kappa shape index (κ3) is 4.77. The zero-order valence-corrected chi connectivity index (χ0v) is 13.9. The number of ether oxygens (including phenoxy) is 1. The minimum atomic E-state index is -0.490. The first-order chi connectivity index (χ1) is 10.2. The lowest BCUT2D eigenvalue weighted by molar-refractivity contribution is 0.0210. The van der Waals surface area contributed by atoms with Crippen molar-refractivity contribution >= 4 is 23.4 Å². The lowest BCUT2D eigenvalue weighted by Crippen LogP contribution is -2.44. The van der Waals surface area contributed by atoms with E-state index in [4.69, 9.17) is 16.3 Å². The van der Waals surface area contributed by atoms with Gasteiger partial charge in [-0.05, 0) is 51.8 Å². The second-order valence-electron chi connectivity index (χ2n) is 6.51. The van der Waals surface area contributed by atoms with Crippen LogP contribution >= 0.6 is 11.6 Å². The third-order valence-electron chi connectivity index (χ3n) is 3.43. The Labute approximate surface area is 135 Å². The van der Waals surface area contributed by atoms with E-state index in [1.807, 2.05) is 20.8 Å². The molecule has 0 spiro atoms. The van der Waals surface area contributed by atoms with Gasteiger partial charge in [0.1, 0.15) is 11.4 Å². The van der Waals surface area contributed by atoms with Crippen LogP contribution in [-0.4, -0.2) is 35.7 Å². The van der Waals surface area contributed by atoms with Crippen LogP contribution in [0.15, 0.2) is 18.2 Å². The molecule has 0 atom stereocenters. The molecule has 1 aliphatic rings. The Kier molecular flexibility index (Phi) is 5.16. The normalized spacial score (nSPS) is 16.5. The second-order valence-corrected chi connectivity index (χ2v) is 6.95. The Morgan fingerprint density at radius 3 is 2.59 bits per heavy atom. The van der Waals surface area contributed by atoms with E-state index in [2.05, 4.69) is 5.32 Å². The predicted molar refractivity (Wildman–Crippen MR) is 85.9 cm³/mol. The van der Waals surface area contributed by atoms with E-state index in [0.29, 0.717) is 23.8 Å². The van der Waals surface area contributed by atoms with Crippen LogP contribution in [0.5, 0.6) is 0 Å². The fourth-order valence-electron chi connectivity index (χ4n) is 2.36. The molecule has 1 fully saturated rings. The third-order valence-corrected chi connectivity index (χ3v) is 3.67. The molecule has 1 aliphatic heterocycles. The number of piperidine rings is 1. The van der Waals surface area contributed by atoms with Crippen molar-refractivity contribution in [2.75, 3.05) is 18.4 Å². The molecule has 0 aromatic heterocycles. The zero-order chi connectivity index (χ0) is 16.3. The molecule has 1 aromatic carbocycles. The molecule has 4 nitrogen and oxygen atoms in total. The summed E-state index contributed by atoms with van der Waals surface area (Å²) >= 11 is 5.88. The highest BCUT2D eigenvalue weighted by atomic mass is 35.5. The molecule has 2 rings (SSSR count). The monoisotopic (exact) mass is 328 g/mol. The average Bonchev–Trinajstić information content (AvgIpc) is 2.42. The molecule has 1 saturated heterocycles. The van der Waals surface area contributed by atoms with Crippen LogP contribution in [0, 0.1) is 5.82 Å². The number of anilines is 1. The highest BCUT2D eigenvalue weighted by Crippen LogP contribution is 2.23. The van der Waals surface area contributed by atoms with Gasteiger partial charge in [-0.25, -0.2) is 9.18 Å². The number of rotatable bonds is 2. The molecule has 0 bridgehead atoms. The van der Waals surface area contributed by atoms with Gasteiger partial charge in [0.2, 0.25) is 0 Å². The second kappa shape index (κ2) is 6.73. The maximum atomic E-state index is 13.7. The molecule has 0 saturated carbocycles. The van der Waals surface area contributed by atoms with E-state index in [-0.39, 0.29) is 18.0 Å². The van der Waals surface area contributed by atoms with Crippen molar-refractivity contribution in [3.8, 4) is 0 Å². The fraction of sp³-hybridized carbons (Fsp3) is 0.562. The van der Waals surface area contributed by atoms with Crippen LogP contribution in [-0.2, 0) is 4.74 Å². The van der Waals surface area contributed by atoms with Crippen LogP contribution in [0.1, 0.15) is 33.6 Å². The lowest BCUT2D eigenvalue weighted by atomic mass is 10.0. The molecule has 0 unspecified atom stereocenters. The van der Waals surface area contributed by atoms with Crippen molar-refractivity contribution in [2.24, 2.45) is 0 Å². The van der Waals surface area contributed by atoms with Crippen LogP contribution in [0.3, 0.4) is 0 Å². The van der Waals surface area contributed by atoms with E-state index < -0.39 is 5.60 Å². The van der Waals surface area contributed by atoms with Gasteiger partial charge in [-0.15, -0.1) is 0 Å². The number of nitrogens with one attached hydrogen (secondary N) is 1. The number of nitrogens with zero attached hydrogens (tertiary/aromatic N) is 1. The topological polar surface area (TPSA) is 41.6 Å². The maximum Gasteiger partial charge on any atom is 0.410 e. The summed E-state index contributed by atoms with van der Waals surface area (Å²) in [5, 5.41) is 3.65. The molecular weight excluding hydrogens is 307 g/mol. The Hall–Kier alpha value is -1.49. The van der Waals surface area contributed by atoms with Crippen molar-refractivity contribution in [3.63, 3.8) is 0 Å². The maximum absolute atomic E-state index is 13.7. The summed E-state index contributed by atoms with van der Waals surface area (Å²) in [7, 11) is 0. The van der Waals surface area contributed by atoms with Crippen molar-refractivity contribution in [3.05, 3.63) is 29.0 Å². The van der Waals surface area contributed by atoms with Crippen molar-refractivity contribution < 1.29 is 13.9 Å². The van der Waals surface area contributed by atoms with E-state index in [9.17, 15) is 9.18 Å². The molecule has 1 heterocycles. The van der Waals surface area contributed by atoms with Crippen molar-refractivity contribution in [2.45, 2.75) is 45.3 Å². The molecule has 1 N–H and O–H groups in total. The van der Waals surface area contributed by atoms with Gasteiger partial charge >= 0.3 is 6.09 Å². The van der Waals surface area contributed by atoms with E-state index in [1.54, 1.807) is 11.0 Å². The molecule has 22 heavy (non-hydrogen) atoms. The number of carbonyl (C=O) groups excluding carboxylic acids is 1. The molecular formula is C16H22ClFN2O2. The van der Waals surface area contributed by atoms with Crippen molar-refractivity contribution in [1.29, 1.82) is 0 Å². The quantitative estimate of drug-likeness (QED) is 0.880. The van der Waals surface area contributed by atoms with Crippen molar-refractivity contribution in [1.82, 2.24) is 4.90 Å². The lowest BCUT2D eigenvalue weighted by Gasteiger charge is -2.34. The van der Waals surface area contributed by atoms with Gasteiger partial charge in [0.05, 0.1) is 5.69 Å². The molecule has 0 aliphatic carbocycles. The van der Waals surface area contributed by atoms with Crippen LogP contribution in [0.25, 0.3) is 0 Å². The Morgan fingerprint density at radius 1 is 1.36 bits per heavy atom. The zero-order valence-electron chi connectivity index (χ0n) is 13.2. The van der Waals surface area contributed by atoms with Gasteiger partial charge in [0.15, 0.2) is 0 Å². The summed E-state index contributed by atoms with van der Waals surface area (Å²) in [5.41, 5.74) is -0.0842. The Bertz CT molecular complexity index is 537. The van der Waals surface area contributed by atoms with Crippen LogP contribution in [0.2, 0.25) is 5.02 Å². The highest BCUT2D eigenvalue weighted by Gasteiger charge is 2.27. The standard InChI is InChI=1S/C16H22ClFN2O2/c1-16(2,3)22-15(21)20-8-6-12(7-9-20)19-14-10-11(17)4-5-13(14)18/h4-5,10,12,19H,6-9H2,1-3H3. The number of halogens is 2. The summed E-state index contributed by atoms with van der Waals surface area (Å²) in [4.78, 5) is 13.7. The summed E-state index contributed by atoms with van der Waals surface area (Å²) in [5.74, 6) is -0.320. The first kappa shape index (κ1) is 16.9. The molecule has 1 amide bonds. The minimum Gasteiger partial charge on any atom is -0.444 e. The van der Waals surface area contributed by atoms with Gasteiger partial charge in [0, 0.05) is 24.2 Å². The minimum absolute atomic E-state index is 0.117. The summed E-state index contributed by atoms with van der Waals surface area (Å²) in [6, 6.07) is 4.57. The predicted octanol–water partition coefficient (Wildman–Crippen LogP) is 4.29. The van der Waals surface area contributed by atoms with E-state index in [1.165, 1.54) is 12.1 Å². The number of likely N-dealkylation sites (tertiary alicyclic amines) is 1. The highest BCUT2D eigenvalue weighted by molar-refractivity contribution is 6.30. The Balaban J connectivity index is 1.87. The van der Waals surface area contributed by atoms with Gasteiger partial charge in [-0.2, -0.15) is 0 Å². The first-order valence-corrected chi connectivity index (χ1v) is 7.82. The summed E-state index contributed by atoms with van der Waals surface area (Å²) in [6.45, 7) is 6.73.